The molecule has 3 heteroatoms. The highest BCUT2D eigenvalue weighted by Gasteiger charge is 2.11. The summed E-state index contributed by atoms with van der Waals surface area (Å²) < 4.78 is 5.92. The van der Waals surface area contributed by atoms with Crippen molar-refractivity contribution in [3.05, 3.63) is 29.3 Å². The van der Waals surface area contributed by atoms with E-state index in [0.717, 1.165) is 31.9 Å². The first-order valence-corrected chi connectivity index (χ1v) is 7.16. The predicted octanol–water partition coefficient (Wildman–Crippen LogP) is 3.00. The number of nitrogens with one attached hydrogen (secondary N) is 1. The van der Waals surface area contributed by atoms with E-state index in [1.165, 1.54) is 11.1 Å². The summed E-state index contributed by atoms with van der Waals surface area (Å²) in [5.41, 5.74) is 2.53. The van der Waals surface area contributed by atoms with Crippen LogP contribution in [0, 0.1) is 6.92 Å². The Hall–Kier alpha value is -1.06. The van der Waals surface area contributed by atoms with Gasteiger partial charge in [-0.25, -0.2) is 0 Å². The van der Waals surface area contributed by atoms with Crippen molar-refractivity contribution in [3.8, 4) is 5.75 Å². The van der Waals surface area contributed by atoms with Gasteiger partial charge in [-0.1, -0.05) is 24.6 Å². The van der Waals surface area contributed by atoms with E-state index in [4.69, 9.17) is 4.74 Å². The van der Waals surface area contributed by atoms with Gasteiger partial charge in [0, 0.05) is 18.2 Å². The zero-order valence-corrected chi connectivity index (χ0v) is 13.0. The third kappa shape index (κ3) is 5.62. The van der Waals surface area contributed by atoms with E-state index in [-0.39, 0.29) is 0 Å². The van der Waals surface area contributed by atoms with Crippen molar-refractivity contribution in [2.75, 3.05) is 33.8 Å². The first-order valence-electron chi connectivity index (χ1n) is 7.16. The second kappa shape index (κ2) is 8.18. The Kier molecular flexibility index (Phi) is 6.89. The number of ether oxygens (including phenoxy) is 1. The molecule has 0 aliphatic heterocycles. The van der Waals surface area contributed by atoms with Gasteiger partial charge in [-0.2, -0.15) is 0 Å². The minimum Gasteiger partial charge on any atom is -0.492 e. The number of hydrogen-bond donors (Lipinski definition) is 1. The van der Waals surface area contributed by atoms with Crippen LogP contribution in [0.25, 0.3) is 0 Å². The third-order valence-corrected chi connectivity index (χ3v) is 3.13. The lowest BCUT2D eigenvalue weighted by Crippen LogP contribution is -2.22. The van der Waals surface area contributed by atoms with Crippen LogP contribution in [0.1, 0.15) is 37.4 Å². The predicted molar refractivity (Wildman–Crippen MR) is 81.9 cm³/mol. The number of likely N-dealkylation sites (N-methyl/N-ethyl adjacent to an activating group) is 1. The van der Waals surface area contributed by atoms with Crippen LogP contribution in [0.15, 0.2) is 18.2 Å². The fourth-order valence-corrected chi connectivity index (χ4v) is 1.95. The summed E-state index contributed by atoms with van der Waals surface area (Å²) in [5, 5.41) is 3.52. The van der Waals surface area contributed by atoms with Gasteiger partial charge in [0.1, 0.15) is 12.4 Å². The first kappa shape index (κ1) is 16.0. The molecule has 1 aromatic rings. The summed E-state index contributed by atoms with van der Waals surface area (Å²) in [7, 11) is 4.12. The number of nitrogens with zero attached hydrogens (tertiary/aromatic N) is 1. The summed E-state index contributed by atoms with van der Waals surface area (Å²) in [6.07, 6.45) is 1.15. The zero-order chi connectivity index (χ0) is 14.3. The third-order valence-electron chi connectivity index (χ3n) is 3.13. The van der Waals surface area contributed by atoms with Crippen LogP contribution >= 0.6 is 0 Å². The van der Waals surface area contributed by atoms with Crippen molar-refractivity contribution in [2.24, 2.45) is 0 Å². The second-order valence-corrected chi connectivity index (χ2v) is 5.37. The molecule has 1 rings (SSSR count). The molecule has 0 heterocycles. The van der Waals surface area contributed by atoms with Crippen molar-refractivity contribution in [1.29, 1.82) is 0 Å². The van der Waals surface area contributed by atoms with E-state index >= 15 is 0 Å². The van der Waals surface area contributed by atoms with E-state index in [1.54, 1.807) is 0 Å². The molecular weight excluding hydrogens is 236 g/mol. The van der Waals surface area contributed by atoms with Crippen molar-refractivity contribution in [2.45, 2.75) is 33.2 Å². The number of rotatable bonds is 8. The summed E-state index contributed by atoms with van der Waals surface area (Å²) in [5.74, 6) is 1.00. The molecule has 1 unspecified atom stereocenters. The van der Waals surface area contributed by atoms with Crippen LogP contribution in [0.2, 0.25) is 0 Å². The highest BCUT2D eigenvalue weighted by atomic mass is 16.5. The van der Waals surface area contributed by atoms with E-state index in [9.17, 15) is 0 Å². The van der Waals surface area contributed by atoms with E-state index in [1.807, 2.05) is 0 Å². The molecule has 0 bridgehead atoms. The van der Waals surface area contributed by atoms with Crippen LogP contribution in [0.3, 0.4) is 0 Å². The minimum absolute atomic E-state index is 0.328. The van der Waals surface area contributed by atoms with Gasteiger partial charge in [0.25, 0.3) is 0 Å². The molecule has 0 fully saturated rings. The Morgan fingerprint density at radius 1 is 1.32 bits per heavy atom. The van der Waals surface area contributed by atoms with Crippen LogP contribution in [-0.2, 0) is 0 Å². The largest absolute Gasteiger partial charge is 0.492 e. The van der Waals surface area contributed by atoms with Crippen molar-refractivity contribution < 1.29 is 4.74 Å². The van der Waals surface area contributed by atoms with Crippen molar-refractivity contribution in [1.82, 2.24) is 10.2 Å². The normalized spacial score (nSPS) is 12.7. The van der Waals surface area contributed by atoms with E-state index in [0.29, 0.717) is 6.04 Å². The molecule has 3 nitrogen and oxygen atoms in total. The molecule has 1 aromatic carbocycles. The Morgan fingerprint density at radius 2 is 2.05 bits per heavy atom. The van der Waals surface area contributed by atoms with Gasteiger partial charge in [-0.05, 0) is 47.0 Å². The Morgan fingerprint density at radius 3 is 2.68 bits per heavy atom. The van der Waals surface area contributed by atoms with Gasteiger partial charge >= 0.3 is 0 Å². The fraction of sp³-hybridized carbons (Fsp3) is 0.625. The molecule has 0 aromatic heterocycles. The standard InChI is InChI=1S/C16H28N2O/c1-6-9-17-14(3)15-12-13(2)7-8-16(15)19-11-10-18(4)5/h7-8,12,14,17H,6,9-11H2,1-5H3. The SMILES string of the molecule is CCCNC(C)c1cc(C)ccc1OCCN(C)C. The molecule has 0 amide bonds. The lowest BCUT2D eigenvalue weighted by molar-refractivity contribution is 0.258. The molecule has 0 aliphatic rings. The lowest BCUT2D eigenvalue weighted by Gasteiger charge is -2.19. The smallest absolute Gasteiger partial charge is 0.124 e. The molecule has 0 saturated carbocycles. The molecular formula is C16H28N2O. The molecule has 0 spiro atoms. The van der Waals surface area contributed by atoms with Gasteiger partial charge < -0.3 is 15.0 Å². The monoisotopic (exact) mass is 264 g/mol. The van der Waals surface area contributed by atoms with E-state index < -0.39 is 0 Å². The summed E-state index contributed by atoms with van der Waals surface area (Å²) in [6, 6.07) is 6.75. The maximum absolute atomic E-state index is 5.92. The molecule has 0 aliphatic carbocycles. The minimum atomic E-state index is 0.328. The van der Waals surface area contributed by atoms with Crippen LogP contribution < -0.4 is 10.1 Å². The average Bonchev–Trinajstić information content (AvgIpc) is 2.37. The molecule has 19 heavy (non-hydrogen) atoms. The van der Waals surface area contributed by atoms with Crippen molar-refractivity contribution in [3.63, 3.8) is 0 Å². The zero-order valence-electron chi connectivity index (χ0n) is 13.0. The average molecular weight is 264 g/mol. The highest BCUT2D eigenvalue weighted by Crippen LogP contribution is 2.26. The van der Waals surface area contributed by atoms with Crippen molar-refractivity contribution >= 4 is 0 Å². The van der Waals surface area contributed by atoms with Gasteiger partial charge in [-0.3, -0.25) is 0 Å². The van der Waals surface area contributed by atoms with Gasteiger partial charge in [0.05, 0.1) is 0 Å². The van der Waals surface area contributed by atoms with Crippen LogP contribution in [0.5, 0.6) is 5.75 Å². The Balaban J connectivity index is 2.73. The van der Waals surface area contributed by atoms with Gasteiger partial charge in [0.2, 0.25) is 0 Å². The topological polar surface area (TPSA) is 24.5 Å². The summed E-state index contributed by atoms with van der Waals surface area (Å²) >= 11 is 0. The van der Waals surface area contributed by atoms with Crippen LogP contribution in [-0.4, -0.2) is 38.7 Å². The Labute approximate surface area is 118 Å². The maximum Gasteiger partial charge on any atom is 0.124 e. The molecule has 1 N–H and O–H groups in total. The maximum atomic E-state index is 5.92. The van der Waals surface area contributed by atoms with Gasteiger partial charge in [-0.15, -0.1) is 0 Å². The molecule has 108 valence electrons. The quantitative estimate of drug-likeness (QED) is 0.781. The number of aryl methyl sites for hydroxylation is 1. The summed E-state index contributed by atoms with van der Waals surface area (Å²) in [4.78, 5) is 2.13. The number of hydrogen-bond acceptors (Lipinski definition) is 3. The molecule has 0 radical (unpaired) electrons. The highest BCUT2D eigenvalue weighted by molar-refractivity contribution is 5.39. The fourth-order valence-electron chi connectivity index (χ4n) is 1.95. The van der Waals surface area contributed by atoms with Gasteiger partial charge in [0.15, 0.2) is 0 Å². The van der Waals surface area contributed by atoms with Crippen LogP contribution in [0.4, 0.5) is 0 Å². The molecule has 1 atom stereocenters. The first-order chi connectivity index (χ1) is 9.04. The summed E-state index contributed by atoms with van der Waals surface area (Å²) in [6.45, 7) is 9.20. The van der Waals surface area contributed by atoms with E-state index in [2.05, 4.69) is 63.3 Å². The lowest BCUT2D eigenvalue weighted by atomic mass is 10.0. The number of benzene rings is 1. The molecule has 0 saturated heterocycles. The second-order valence-electron chi connectivity index (χ2n) is 5.37. The Bertz CT molecular complexity index is 377.